The van der Waals surface area contributed by atoms with Crippen LogP contribution in [0.5, 0.6) is 0 Å². The maximum atomic E-state index is 12.2. The zero-order valence-corrected chi connectivity index (χ0v) is 17.6. The van der Waals surface area contributed by atoms with Crippen LogP contribution >= 0.6 is 11.6 Å². The number of anilines is 2. The Morgan fingerprint density at radius 2 is 1.67 bits per heavy atom. The van der Waals surface area contributed by atoms with Gasteiger partial charge in [-0.15, -0.1) is 0 Å². The van der Waals surface area contributed by atoms with Crippen LogP contribution in [0.4, 0.5) is 11.6 Å². The molecule has 0 unspecified atom stereocenters. The Morgan fingerprint density at radius 3 is 2.30 bits per heavy atom. The van der Waals surface area contributed by atoms with Gasteiger partial charge in [0.1, 0.15) is 5.78 Å². The number of benzene rings is 1. The molecule has 2 rings (SSSR count). The number of aromatic nitrogens is 2. The van der Waals surface area contributed by atoms with Crippen molar-refractivity contribution in [1.29, 1.82) is 0 Å². The molecule has 30 heavy (non-hydrogen) atoms. The maximum absolute atomic E-state index is 12.2. The van der Waals surface area contributed by atoms with Gasteiger partial charge in [0, 0.05) is 13.0 Å². The van der Waals surface area contributed by atoms with Crippen molar-refractivity contribution >= 4 is 40.9 Å². The minimum absolute atomic E-state index is 0.0380. The number of halogens is 1. The number of amides is 1. The quantitative estimate of drug-likeness (QED) is 0.267. The summed E-state index contributed by atoms with van der Waals surface area (Å²) in [5.41, 5.74) is 19.1. The predicted octanol–water partition coefficient (Wildman–Crippen LogP) is 1.88. The second kappa shape index (κ2) is 11.1. The van der Waals surface area contributed by atoms with Crippen LogP contribution in [0.2, 0.25) is 5.15 Å². The molecule has 0 saturated carbocycles. The van der Waals surface area contributed by atoms with Gasteiger partial charge in [0.15, 0.2) is 28.4 Å². The first-order valence-electron chi connectivity index (χ1n) is 9.53. The summed E-state index contributed by atoms with van der Waals surface area (Å²) < 4.78 is 0. The van der Waals surface area contributed by atoms with Crippen molar-refractivity contribution in [3.05, 3.63) is 46.2 Å². The van der Waals surface area contributed by atoms with Gasteiger partial charge in [-0.2, -0.15) is 0 Å². The monoisotopic (exact) mass is 431 g/mol. The van der Waals surface area contributed by atoms with Crippen molar-refractivity contribution in [2.75, 3.05) is 18.0 Å². The van der Waals surface area contributed by atoms with E-state index in [0.29, 0.717) is 13.0 Å². The lowest BCUT2D eigenvalue weighted by atomic mass is 10.0. The summed E-state index contributed by atoms with van der Waals surface area (Å²) in [5, 5.41) is 2.29. The Morgan fingerprint density at radius 1 is 1.03 bits per heavy atom. The maximum Gasteiger partial charge on any atom is 0.280 e. The fraction of sp³-hybridized carbons (Fsp3) is 0.350. The van der Waals surface area contributed by atoms with E-state index in [0.717, 1.165) is 31.2 Å². The number of unbranched alkanes of at least 4 members (excludes halogenated alkanes) is 1. The normalized spacial score (nSPS) is 11.3. The van der Waals surface area contributed by atoms with E-state index in [4.69, 9.17) is 28.8 Å². The molecule has 1 amide bonds. The van der Waals surface area contributed by atoms with E-state index in [-0.39, 0.29) is 34.2 Å². The summed E-state index contributed by atoms with van der Waals surface area (Å²) in [6.07, 6.45) is 3.97. The summed E-state index contributed by atoms with van der Waals surface area (Å²) in [5.74, 6) is -0.701. The molecule has 0 radical (unpaired) electrons. The molecular weight excluding hydrogens is 406 g/mol. The SMILES string of the molecule is CC(=O)CCc1ccc(CCCCN=C(N)NC(=O)c2nc(Cl)c(N)nc2N)cc1. The topological polar surface area (TPSA) is 162 Å². The lowest BCUT2D eigenvalue weighted by Crippen LogP contribution is -2.38. The smallest absolute Gasteiger partial charge is 0.280 e. The highest BCUT2D eigenvalue weighted by molar-refractivity contribution is 6.31. The first kappa shape index (κ1) is 23.1. The average molecular weight is 432 g/mol. The van der Waals surface area contributed by atoms with Crippen molar-refractivity contribution < 1.29 is 9.59 Å². The predicted molar refractivity (Wildman–Crippen MR) is 118 cm³/mol. The Hall–Kier alpha value is -3.20. The first-order chi connectivity index (χ1) is 14.3. The minimum atomic E-state index is -0.659. The van der Waals surface area contributed by atoms with Gasteiger partial charge in [0.05, 0.1) is 0 Å². The number of hydrogen-bond donors (Lipinski definition) is 4. The third kappa shape index (κ3) is 7.32. The molecule has 10 heteroatoms. The number of ketones is 1. The van der Waals surface area contributed by atoms with E-state index in [9.17, 15) is 9.59 Å². The summed E-state index contributed by atoms with van der Waals surface area (Å²) in [4.78, 5) is 34.9. The average Bonchev–Trinajstić information content (AvgIpc) is 2.69. The highest BCUT2D eigenvalue weighted by Gasteiger charge is 2.16. The number of aryl methyl sites for hydroxylation is 2. The first-order valence-corrected chi connectivity index (χ1v) is 9.91. The highest BCUT2D eigenvalue weighted by Crippen LogP contribution is 2.17. The van der Waals surface area contributed by atoms with Crippen LogP contribution in [0.25, 0.3) is 0 Å². The van der Waals surface area contributed by atoms with Crippen LogP contribution in [0.3, 0.4) is 0 Å². The highest BCUT2D eigenvalue weighted by atomic mass is 35.5. The number of nitrogen functional groups attached to an aromatic ring is 2. The number of aliphatic imine (C=N–C) groups is 1. The van der Waals surface area contributed by atoms with E-state index in [1.807, 2.05) is 0 Å². The zero-order chi connectivity index (χ0) is 22.1. The van der Waals surface area contributed by atoms with Crippen molar-refractivity contribution in [3.8, 4) is 0 Å². The number of nitrogens with one attached hydrogen (secondary N) is 1. The molecule has 0 bridgehead atoms. The van der Waals surface area contributed by atoms with E-state index < -0.39 is 5.91 Å². The van der Waals surface area contributed by atoms with E-state index in [2.05, 4.69) is 44.5 Å². The van der Waals surface area contributed by atoms with Gasteiger partial charge in [-0.25, -0.2) is 9.97 Å². The molecule has 0 saturated heterocycles. The molecule has 1 heterocycles. The van der Waals surface area contributed by atoms with E-state index >= 15 is 0 Å². The molecule has 0 spiro atoms. The largest absolute Gasteiger partial charge is 0.382 e. The fourth-order valence-electron chi connectivity index (χ4n) is 2.66. The third-order valence-electron chi connectivity index (χ3n) is 4.31. The Balaban J connectivity index is 1.74. The second-order valence-electron chi connectivity index (χ2n) is 6.83. The van der Waals surface area contributed by atoms with Crippen LogP contribution in [-0.4, -0.2) is 34.2 Å². The van der Waals surface area contributed by atoms with Gasteiger partial charge < -0.3 is 22.0 Å². The number of nitrogens with two attached hydrogens (primary N) is 3. The standard InChI is InChI=1S/C20H26ClN7O2/c1-12(29)5-6-14-9-7-13(8-10-14)4-2-3-11-25-20(24)28-19(30)15-17(22)27-18(23)16(21)26-15/h7-10H,2-6,11H2,1H3,(H4,22,23,27)(H3,24,25,28,30). The lowest BCUT2D eigenvalue weighted by Gasteiger charge is -2.07. The number of nitrogens with zero attached hydrogens (tertiary/aromatic N) is 3. The van der Waals surface area contributed by atoms with Crippen molar-refractivity contribution in [3.63, 3.8) is 0 Å². The van der Waals surface area contributed by atoms with Crippen LogP contribution in [0.15, 0.2) is 29.3 Å². The molecule has 1 aromatic heterocycles. The van der Waals surface area contributed by atoms with Gasteiger partial charge in [-0.1, -0.05) is 35.9 Å². The number of carbonyl (C=O) groups is 2. The van der Waals surface area contributed by atoms with Gasteiger partial charge in [-0.3, -0.25) is 15.1 Å². The van der Waals surface area contributed by atoms with E-state index in [1.54, 1.807) is 6.92 Å². The van der Waals surface area contributed by atoms with Gasteiger partial charge in [-0.05, 0) is 43.7 Å². The molecule has 2 aromatic rings. The lowest BCUT2D eigenvalue weighted by molar-refractivity contribution is -0.116. The van der Waals surface area contributed by atoms with Crippen LogP contribution in [-0.2, 0) is 17.6 Å². The van der Waals surface area contributed by atoms with Gasteiger partial charge in [0.25, 0.3) is 5.91 Å². The number of hydrogen-bond acceptors (Lipinski definition) is 7. The fourth-order valence-corrected chi connectivity index (χ4v) is 2.78. The minimum Gasteiger partial charge on any atom is -0.382 e. The number of rotatable bonds is 9. The number of Topliss-reactive ketones (excluding diaryl/α,β-unsaturated/α-hetero) is 1. The second-order valence-corrected chi connectivity index (χ2v) is 7.19. The molecule has 160 valence electrons. The summed E-state index contributed by atoms with van der Waals surface area (Å²) in [7, 11) is 0. The molecule has 0 aliphatic rings. The number of carbonyl (C=O) groups excluding carboxylic acids is 2. The summed E-state index contributed by atoms with van der Waals surface area (Å²) >= 11 is 5.76. The van der Waals surface area contributed by atoms with Gasteiger partial charge in [0.2, 0.25) is 0 Å². The van der Waals surface area contributed by atoms with Crippen LogP contribution < -0.4 is 22.5 Å². The van der Waals surface area contributed by atoms with Crippen LogP contribution in [0, 0.1) is 0 Å². The molecular formula is C20H26ClN7O2. The molecule has 7 N–H and O–H groups in total. The van der Waals surface area contributed by atoms with Crippen molar-refractivity contribution in [2.45, 2.75) is 39.0 Å². The summed E-state index contributed by atoms with van der Waals surface area (Å²) in [6.45, 7) is 2.07. The summed E-state index contributed by atoms with van der Waals surface area (Å²) in [6, 6.07) is 8.27. The van der Waals surface area contributed by atoms with Crippen LogP contribution in [0.1, 0.15) is 47.8 Å². The molecule has 0 aliphatic carbocycles. The van der Waals surface area contributed by atoms with Crippen molar-refractivity contribution in [1.82, 2.24) is 15.3 Å². The van der Waals surface area contributed by atoms with E-state index in [1.165, 1.54) is 5.56 Å². The van der Waals surface area contributed by atoms with Crippen molar-refractivity contribution in [2.24, 2.45) is 10.7 Å². The molecule has 0 atom stereocenters. The molecule has 1 aromatic carbocycles. The Labute approximate surface area is 180 Å². The molecule has 0 aliphatic heterocycles. The Bertz CT molecular complexity index is 929. The van der Waals surface area contributed by atoms with Gasteiger partial charge >= 0.3 is 0 Å². The third-order valence-corrected chi connectivity index (χ3v) is 4.58. The Kier molecular flexibility index (Phi) is 8.54. The zero-order valence-electron chi connectivity index (χ0n) is 16.8. The number of guanidine groups is 1. The molecule has 0 fully saturated rings. The molecule has 9 nitrogen and oxygen atoms in total.